The Kier molecular flexibility index (Phi) is 5.00. The Labute approximate surface area is 175 Å². The van der Waals surface area contributed by atoms with E-state index in [9.17, 15) is 18.0 Å². The lowest BCUT2D eigenvalue weighted by atomic mass is 10.0. The molecule has 0 fully saturated rings. The highest BCUT2D eigenvalue weighted by Crippen LogP contribution is 2.35. The predicted octanol–water partition coefficient (Wildman–Crippen LogP) is 4.73. The quantitative estimate of drug-likeness (QED) is 0.492. The molecule has 0 spiro atoms. The molecule has 0 aliphatic rings. The Morgan fingerprint density at radius 3 is 2.65 bits per heavy atom. The van der Waals surface area contributed by atoms with E-state index >= 15 is 0 Å². The standard InChI is InChI=1S/C21H19F3N6O/c1-4-30-12(3)15(10-25-30)17-9-14(13-7-5-6-8-16(13)26-17)20(31)27-18-11(2)28-29-19(18)21(22,23)24/h5-10H,4H2,1-3H3,(H,27,31)(H,28,29). The number of nitrogens with zero attached hydrogens (tertiary/aromatic N) is 4. The van der Waals surface area contributed by atoms with Gasteiger partial charge in [-0.3, -0.25) is 14.6 Å². The summed E-state index contributed by atoms with van der Waals surface area (Å²) in [6.07, 6.45) is -3.04. The topological polar surface area (TPSA) is 88.5 Å². The van der Waals surface area contributed by atoms with Gasteiger partial charge in [-0.2, -0.15) is 23.4 Å². The second kappa shape index (κ2) is 7.53. The van der Waals surface area contributed by atoms with Crippen molar-refractivity contribution < 1.29 is 18.0 Å². The van der Waals surface area contributed by atoms with Gasteiger partial charge in [0, 0.05) is 23.2 Å². The monoisotopic (exact) mass is 428 g/mol. The van der Waals surface area contributed by atoms with Gasteiger partial charge in [-0.1, -0.05) is 18.2 Å². The van der Waals surface area contributed by atoms with Crippen LogP contribution in [0.5, 0.6) is 0 Å². The molecule has 31 heavy (non-hydrogen) atoms. The van der Waals surface area contributed by atoms with E-state index in [1.807, 2.05) is 13.8 Å². The van der Waals surface area contributed by atoms with E-state index in [4.69, 9.17) is 0 Å². The molecule has 0 atom stereocenters. The summed E-state index contributed by atoms with van der Waals surface area (Å²) in [6, 6.07) is 8.55. The van der Waals surface area contributed by atoms with Gasteiger partial charge in [0.1, 0.15) is 0 Å². The van der Waals surface area contributed by atoms with Gasteiger partial charge in [0.2, 0.25) is 0 Å². The van der Waals surface area contributed by atoms with Crippen LogP contribution in [0, 0.1) is 13.8 Å². The fraction of sp³-hybridized carbons (Fsp3) is 0.238. The molecule has 0 unspecified atom stereocenters. The summed E-state index contributed by atoms with van der Waals surface area (Å²) in [7, 11) is 0. The highest BCUT2D eigenvalue weighted by atomic mass is 19.4. The molecule has 2 N–H and O–H groups in total. The highest BCUT2D eigenvalue weighted by molar-refractivity contribution is 6.13. The number of halogens is 3. The Morgan fingerprint density at radius 2 is 1.97 bits per heavy atom. The van der Waals surface area contributed by atoms with Crippen LogP contribution in [0.2, 0.25) is 0 Å². The number of benzene rings is 1. The van der Waals surface area contributed by atoms with Crippen LogP contribution in [0.25, 0.3) is 22.2 Å². The lowest BCUT2D eigenvalue weighted by Gasteiger charge is -2.12. The Morgan fingerprint density at radius 1 is 1.23 bits per heavy atom. The number of carbonyl (C=O) groups excluding carboxylic acids is 1. The van der Waals surface area contributed by atoms with Crippen molar-refractivity contribution in [1.82, 2.24) is 25.0 Å². The number of carbonyl (C=O) groups is 1. The molecule has 0 radical (unpaired) electrons. The summed E-state index contributed by atoms with van der Waals surface area (Å²) in [6.45, 7) is 5.94. The largest absolute Gasteiger partial charge is 0.437 e. The van der Waals surface area contributed by atoms with Crippen molar-refractivity contribution in [3.8, 4) is 11.3 Å². The van der Waals surface area contributed by atoms with Crippen LogP contribution in [0.4, 0.5) is 18.9 Å². The first kappa shape index (κ1) is 20.6. The number of hydrogen-bond donors (Lipinski definition) is 2. The van der Waals surface area contributed by atoms with Crippen molar-refractivity contribution in [2.75, 3.05) is 5.32 Å². The SMILES string of the molecule is CCn1ncc(-c2cc(C(=O)Nc3c(C(F)(F)F)n[nH]c3C)c3ccccc3n2)c1C. The number of aromatic nitrogens is 5. The van der Waals surface area contributed by atoms with Crippen molar-refractivity contribution >= 4 is 22.5 Å². The summed E-state index contributed by atoms with van der Waals surface area (Å²) < 4.78 is 41.6. The average Bonchev–Trinajstić information content (AvgIpc) is 3.29. The summed E-state index contributed by atoms with van der Waals surface area (Å²) in [4.78, 5) is 17.8. The van der Waals surface area contributed by atoms with Crippen molar-refractivity contribution in [1.29, 1.82) is 0 Å². The number of amides is 1. The summed E-state index contributed by atoms with van der Waals surface area (Å²) >= 11 is 0. The zero-order chi connectivity index (χ0) is 22.3. The third kappa shape index (κ3) is 3.65. The number of aryl methyl sites for hydroxylation is 2. The molecule has 0 saturated carbocycles. The maximum atomic E-state index is 13.3. The van der Waals surface area contributed by atoms with Gasteiger partial charge in [0.05, 0.1) is 34.4 Å². The molecule has 0 aliphatic heterocycles. The van der Waals surface area contributed by atoms with E-state index in [1.165, 1.54) is 6.92 Å². The number of para-hydroxylation sites is 1. The number of alkyl halides is 3. The number of hydrogen-bond acceptors (Lipinski definition) is 4. The van der Waals surface area contributed by atoms with Crippen molar-refractivity contribution in [2.45, 2.75) is 33.5 Å². The van der Waals surface area contributed by atoms with Gasteiger partial charge in [0.25, 0.3) is 5.91 Å². The number of pyridine rings is 1. The van der Waals surface area contributed by atoms with E-state index in [0.717, 1.165) is 11.3 Å². The number of aromatic amines is 1. The van der Waals surface area contributed by atoms with Crippen LogP contribution >= 0.6 is 0 Å². The smallest absolute Gasteiger partial charge is 0.319 e. The molecule has 4 aromatic rings. The number of nitrogens with one attached hydrogen (secondary N) is 2. The van der Waals surface area contributed by atoms with Gasteiger partial charge in [-0.15, -0.1) is 0 Å². The maximum absolute atomic E-state index is 13.3. The van der Waals surface area contributed by atoms with Gasteiger partial charge in [0.15, 0.2) is 5.69 Å². The molecule has 10 heteroatoms. The third-order valence-corrected chi connectivity index (χ3v) is 5.09. The molecule has 0 bridgehead atoms. The van der Waals surface area contributed by atoms with Crippen LogP contribution < -0.4 is 5.32 Å². The van der Waals surface area contributed by atoms with E-state index in [1.54, 1.807) is 41.2 Å². The molecular formula is C21H19F3N6O. The van der Waals surface area contributed by atoms with Crippen molar-refractivity contribution in [3.63, 3.8) is 0 Å². The summed E-state index contributed by atoms with van der Waals surface area (Å²) in [5.41, 5.74) is 1.44. The zero-order valence-corrected chi connectivity index (χ0v) is 17.0. The molecule has 3 heterocycles. The molecule has 1 amide bonds. The number of H-pyrrole nitrogens is 1. The van der Waals surface area contributed by atoms with E-state index in [-0.39, 0.29) is 11.3 Å². The second-order valence-corrected chi connectivity index (χ2v) is 7.06. The van der Waals surface area contributed by atoms with Crippen LogP contribution in [-0.4, -0.2) is 30.9 Å². The Bertz CT molecular complexity index is 1290. The van der Waals surface area contributed by atoms with Crippen molar-refractivity contribution in [2.24, 2.45) is 0 Å². The molecule has 160 valence electrons. The van der Waals surface area contributed by atoms with E-state index < -0.39 is 23.5 Å². The fourth-order valence-corrected chi connectivity index (χ4v) is 3.49. The summed E-state index contributed by atoms with van der Waals surface area (Å²) in [5.74, 6) is -0.685. The lowest BCUT2D eigenvalue weighted by Crippen LogP contribution is -2.17. The zero-order valence-electron chi connectivity index (χ0n) is 17.0. The first-order valence-corrected chi connectivity index (χ1v) is 9.56. The van der Waals surface area contributed by atoms with Crippen LogP contribution in [0.15, 0.2) is 36.5 Å². The predicted molar refractivity (Wildman–Crippen MR) is 110 cm³/mol. The summed E-state index contributed by atoms with van der Waals surface area (Å²) in [5, 5.41) is 12.8. The number of anilines is 1. The van der Waals surface area contributed by atoms with Crippen LogP contribution in [-0.2, 0) is 12.7 Å². The maximum Gasteiger partial charge on any atom is 0.437 e. The molecule has 1 aromatic carbocycles. The molecule has 7 nitrogen and oxygen atoms in total. The van der Waals surface area contributed by atoms with E-state index in [2.05, 4.69) is 25.6 Å². The second-order valence-electron chi connectivity index (χ2n) is 7.06. The third-order valence-electron chi connectivity index (χ3n) is 5.09. The highest BCUT2D eigenvalue weighted by Gasteiger charge is 2.38. The van der Waals surface area contributed by atoms with Gasteiger partial charge >= 0.3 is 6.18 Å². The van der Waals surface area contributed by atoms with Crippen LogP contribution in [0.3, 0.4) is 0 Å². The molecule has 3 aromatic heterocycles. The van der Waals surface area contributed by atoms with Gasteiger partial charge in [-0.25, -0.2) is 4.98 Å². The first-order valence-electron chi connectivity index (χ1n) is 9.56. The molecule has 0 aliphatic carbocycles. The number of fused-ring (bicyclic) bond motifs is 1. The van der Waals surface area contributed by atoms with Gasteiger partial charge < -0.3 is 5.32 Å². The fourth-order valence-electron chi connectivity index (χ4n) is 3.49. The lowest BCUT2D eigenvalue weighted by molar-refractivity contribution is -0.140. The van der Waals surface area contributed by atoms with Gasteiger partial charge in [-0.05, 0) is 32.9 Å². The average molecular weight is 428 g/mol. The Hall–Kier alpha value is -3.69. The minimum Gasteiger partial charge on any atom is -0.319 e. The van der Waals surface area contributed by atoms with E-state index in [0.29, 0.717) is 23.1 Å². The molecule has 4 rings (SSSR count). The molecular weight excluding hydrogens is 409 g/mol. The number of rotatable bonds is 4. The molecule has 0 saturated heterocycles. The first-order chi connectivity index (χ1) is 14.7. The normalized spacial score (nSPS) is 11.8. The Balaban J connectivity index is 1.83. The minimum atomic E-state index is -4.70. The van der Waals surface area contributed by atoms with Crippen LogP contribution in [0.1, 0.15) is 34.4 Å². The minimum absolute atomic E-state index is 0.110. The van der Waals surface area contributed by atoms with Crippen molar-refractivity contribution in [3.05, 3.63) is 59.2 Å².